The fourth-order valence-electron chi connectivity index (χ4n) is 4.14. The van der Waals surface area contributed by atoms with Gasteiger partial charge in [0.2, 0.25) is 0 Å². The number of hydrogen-bond acceptors (Lipinski definition) is 5. The maximum atomic E-state index is 12.5. The summed E-state index contributed by atoms with van der Waals surface area (Å²) in [6.07, 6.45) is 9.86. The Morgan fingerprint density at radius 3 is 2.08 bits per heavy atom. The van der Waals surface area contributed by atoms with Crippen molar-refractivity contribution in [3.8, 4) is 0 Å². The van der Waals surface area contributed by atoms with E-state index < -0.39 is 28.8 Å². The highest BCUT2D eigenvalue weighted by atomic mass is 16.4. The molecule has 0 aromatic carbocycles. The minimum atomic E-state index is -1.83. The molecule has 0 saturated heterocycles. The number of hydrogen-bond donors (Lipinski definition) is 0. The number of carbonyl (C=O) groups is 3. The summed E-state index contributed by atoms with van der Waals surface area (Å²) >= 11 is 0. The fraction of sp³-hybridized carbons (Fsp3) is 0.762. The molecule has 0 bridgehead atoms. The first kappa shape index (κ1) is 22.4. The second-order valence-electron chi connectivity index (χ2n) is 7.59. The zero-order valence-corrected chi connectivity index (χ0v) is 16.0. The summed E-state index contributed by atoms with van der Waals surface area (Å²) in [5.74, 6) is -3.76. The zero-order valence-electron chi connectivity index (χ0n) is 16.0. The zero-order chi connectivity index (χ0) is 19.6. The van der Waals surface area contributed by atoms with Crippen LogP contribution in [0.4, 0.5) is 0 Å². The van der Waals surface area contributed by atoms with Crippen molar-refractivity contribution in [1.82, 2.24) is 0 Å². The monoisotopic (exact) mass is 364 g/mol. The van der Waals surface area contributed by atoms with Crippen LogP contribution in [0.5, 0.6) is 0 Å². The van der Waals surface area contributed by atoms with Crippen molar-refractivity contribution in [2.75, 3.05) is 0 Å². The summed E-state index contributed by atoms with van der Waals surface area (Å²) in [6.45, 7) is 5.61. The van der Waals surface area contributed by atoms with Gasteiger partial charge in [-0.15, -0.1) is 0 Å². The smallest absolute Gasteiger partial charge is 0.134 e. The third-order valence-corrected chi connectivity index (χ3v) is 5.74. The molecule has 1 saturated carbocycles. The topological polar surface area (TPSA) is 97.3 Å². The van der Waals surface area contributed by atoms with Gasteiger partial charge in [0.15, 0.2) is 0 Å². The van der Waals surface area contributed by atoms with Crippen molar-refractivity contribution >= 4 is 17.7 Å². The summed E-state index contributed by atoms with van der Waals surface area (Å²) in [7, 11) is 0. The molecule has 0 heterocycles. The first-order valence-electron chi connectivity index (χ1n) is 10.00. The Hall–Kier alpha value is -1.65. The van der Waals surface area contributed by atoms with Gasteiger partial charge in [0, 0.05) is 18.3 Å². The van der Waals surface area contributed by atoms with E-state index in [0.717, 1.165) is 44.9 Å². The van der Waals surface area contributed by atoms with Gasteiger partial charge < -0.3 is 19.8 Å². The van der Waals surface area contributed by atoms with E-state index in [4.69, 9.17) is 0 Å². The molecule has 5 nitrogen and oxygen atoms in total. The largest absolute Gasteiger partial charge is 0.549 e. The Morgan fingerprint density at radius 1 is 0.962 bits per heavy atom. The molecule has 0 radical (unpaired) electrons. The molecule has 5 heteroatoms. The lowest BCUT2D eigenvalue weighted by Gasteiger charge is -2.45. The van der Waals surface area contributed by atoms with Crippen molar-refractivity contribution in [2.24, 2.45) is 11.3 Å². The van der Waals surface area contributed by atoms with Crippen LogP contribution in [-0.2, 0) is 14.4 Å². The summed E-state index contributed by atoms with van der Waals surface area (Å²) in [5.41, 5.74) is -2.35. The molecule has 1 unspecified atom stereocenters. The molecule has 1 atom stereocenters. The molecule has 148 valence electrons. The van der Waals surface area contributed by atoms with Gasteiger partial charge >= 0.3 is 0 Å². The number of carboxylic acid groups (broad SMARTS) is 2. The highest BCUT2D eigenvalue weighted by Crippen LogP contribution is 2.46. The first-order chi connectivity index (χ1) is 12.4. The molecule has 1 aliphatic rings. The van der Waals surface area contributed by atoms with Crippen LogP contribution in [0, 0.1) is 11.3 Å². The molecule has 0 amide bonds. The van der Waals surface area contributed by atoms with Crippen LogP contribution in [0.15, 0.2) is 12.2 Å². The molecule has 0 N–H and O–H groups in total. The molecule has 1 aliphatic carbocycles. The van der Waals surface area contributed by atoms with E-state index >= 15 is 0 Å². The van der Waals surface area contributed by atoms with E-state index in [1.54, 1.807) is 0 Å². The quantitative estimate of drug-likeness (QED) is 0.369. The van der Waals surface area contributed by atoms with Gasteiger partial charge in [-0.3, -0.25) is 4.79 Å². The normalized spacial score (nSPS) is 17.4. The molecular weight excluding hydrogens is 332 g/mol. The lowest BCUT2D eigenvalue weighted by Crippen LogP contribution is -2.53. The SMILES string of the molecule is C=C(C(=O)[O-])C(CC(=O)CCCCCCCC)(C(=O)[O-])C1CCCCC1. The number of unbranched alkanes of at least 4 members (excludes halogenated alkanes) is 5. The summed E-state index contributed by atoms with van der Waals surface area (Å²) in [4.78, 5) is 35.9. The van der Waals surface area contributed by atoms with Crippen molar-refractivity contribution in [3.63, 3.8) is 0 Å². The van der Waals surface area contributed by atoms with Gasteiger partial charge in [0.05, 0.1) is 11.9 Å². The van der Waals surface area contributed by atoms with Gasteiger partial charge in [0.1, 0.15) is 5.78 Å². The van der Waals surface area contributed by atoms with Crippen molar-refractivity contribution in [2.45, 2.75) is 90.4 Å². The minimum absolute atomic E-state index is 0.224. The number of carboxylic acids is 2. The van der Waals surface area contributed by atoms with Gasteiger partial charge in [-0.1, -0.05) is 64.9 Å². The van der Waals surface area contributed by atoms with Crippen molar-refractivity contribution in [3.05, 3.63) is 12.2 Å². The van der Waals surface area contributed by atoms with Crippen LogP contribution in [-0.4, -0.2) is 17.7 Å². The van der Waals surface area contributed by atoms with E-state index in [1.807, 2.05) is 0 Å². The fourth-order valence-corrected chi connectivity index (χ4v) is 4.14. The Bertz CT molecular complexity index is 505. The summed E-state index contributed by atoms with van der Waals surface area (Å²) in [6, 6.07) is 0. The number of carbonyl (C=O) groups excluding carboxylic acids is 3. The molecular formula is C21H32O5-2. The lowest BCUT2D eigenvalue weighted by atomic mass is 9.62. The average Bonchev–Trinajstić information content (AvgIpc) is 2.62. The predicted octanol–water partition coefficient (Wildman–Crippen LogP) is 2.32. The van der Waals surface area contributed by atoms with Crippen LogP contribution in [0.3, 0.4) is 0 Å². The van der Waals surface area contributed by atoms with E-state index in [9.17, 15) is 24.6 Å². The number of Topliss-reactive ketones (excluding diaryl/α,β-unsaturated/α-hetero) is 1. The highest BCUT2D eigenvalue weighted by Gasteiger charge is 2.44. The molecule has 0 spiro atoms. The van der Waals surface area contributed by atoms with Gasteiger partial charge in [-0.25, -0.2) is 0 Å². The molecule has 1 fully saturated rings. The maximum absolute atomic E-state index is 12.5. The Kier molecular flexibility index (Phi) is 9.60. The average molecular weight is 364 g/mol. The Labute approximate surface area is 156 Å². The Morgan fingerprint density at radius 2 is 1.54 bits per heavy atom. The van der Waals surface area contributed by atoms with Crippen LogP contribution >= 0.6 is 0 Å². The van der Waals surface area contributed by atoms with Gasteiger partial charge in [-0.2, -0.15) is 0 Å². The van der Waals surface area contributed by atoms with E-state index in [0.29, 0.717) is 19.3 Å². The van der Waals surface area contributed by atoms with Gasteiger partial charge in [-0.05, 0) is 30.8 Å². The van der Waals surface area contributed by atoms with E-state index in [-0.39, 0.29) is 18.6 Å². The highest BCUT2D eigenvalue weighted by molar-refractivity contribution is 5.98. The molecule has 0 aromatic heterocycles. The standard InChI is InChI=1S/C21H34O5/c1-3-4-5-6-7-11-14-18(22)15-21(20(25)26,16(2)19(23)24)17-12-9-8-10-13-17/h17H,2-15H2,1H3,(H,23,24)(H,25,26)/p-2. The number of ketones is 1. The molecule has 0 aromatic rings. The predicted molar refractivity (Wildman–Crippen MR) is 95.8 cm³/mol. The first-order valence-corrected chi connectivity index (χ1v) is 10.00. The second-order valence-corrected chi connectivity index (χ2v) is 7.59. The van der Waals surface area contributed by atoms with Crippen molar-refractivity contribution < 1.29 is 24.6 Å². The molecule has 0 aliphatic heterocycles. The maximum Gasteiger partial charge on any atom is 0.134 e. The second kappa shape index (κ2) is 11.1. The Balaban J connectivity index is 2.81. The van der Waals surface area contributed by atoms with Crippen LogP contribution in [0.2, 0.25) is 0 Å². The van der Waals surface area contributed by atoms with Crippen LogP contribution in [0.25, 0.3) is 0 Å². The number of aliphatic carboxylic acids is 2. The molecule has 1 rings (SSSR count). The van der Waals surface area contributed by atoms with Crippen LogP contribution < -0.4 is 10.2 Å². The third kappa shape index (κ3) is 5.96. The lowest BCUT2D eigenvalue weighted by molar-refractivity contribution is -0.325. The van der Waals surface area contributed by atoms with Crippen molar-refractivity contribution in [1.29, 1.82) is 0 Å². The summed E-state index contributed by atoms with van der Waals surface area (Å²) < 4.78 is 0. The van der Waals surface area contributed by atoms with Crippen LogP contribution in [0.1, 0.15) is 90.4 Å². The number of rotatable bonds is 13. The molecule has 26 heavy (non-hydrogen) atoms. The third-order valence-electron chi connectivity index (χ3n) is 5.74. The van der Waals surface area contributed by atoms with E-state index in [2.05, 4.69) is 13.5 Å². The van der Waals surface area contributed by atoms with Gasteiger partial charge in [0.25, 0.3) is 0 Å². The minimum Gasteiger partial charge on any atom is -0.549 e. The van der Waals surface area contributed by atoms with E-state index in [1.165, 1.54) is 6.42 Å². The summed E-state index contributed by atoms with van der Waals surface area (Å²) in [5, 5.41) is 23.5.